The lowest BCUT2D eigenvalue weighted by molar-refractivity contribution is -0.142. The van der Waals surface area contributed by atoms with Crippen LogP contribution in [-0.4, -0.2) is 41.0 Å². The van der Waals surface area contributed by atoms with Crippen LogP contribution in [0.3, 0.4) is 0 Å². The highest BCUT2D eigenvalue weighted by Crippen LogP contribution is 2.16. The van der Waals surface area contributed by atoms with Crippen molar-refractivity contribution in [2.45, 2.75) is 32.4 Å². The molecular formula is C15H20ClFN2O3. The maximum Gasteiger partial charge on any atom is 0.320 e. The summed E-state index contributed by atoms with van der Waals surface area (Å²) in [7, 11) is 0. The zero-order chi connectivity index (χ0) is 15.4. The molecule has 1 aromatic rings. The Morgan fingerprint density at radius 3 is 2.82 bits per heavy atom. The van der Waals surface area contributed by atoms with Gasteiger partial charge in [-0.3, -0.25) is 14.5 Å². The number of carbonyl (C=O) groups is 2. The van der Waals surface area contributed by atoms with Gasteiger partial charge < -0.3 is 10.4 Å². The summed E-state index contributed by atoms with van der Waals surface area (Å²) in [5, 5.41) is 11.7. The van der Waals surface area contributed by atoms with Crippen molar-refractivity contribution in [3.05, 3.63) is 35.1 Å². The minimum absolute atomic E-state index is 0. The second kappa shape index (κ2) is 8.10. The number of rotatable bonds is 5. The van der Waals surface area contributed by atoms with E-state index in [1.54, 1.807) is 24.0 Å². The number of benzene rings is 1. The highest BCUT2D eigenvalue weighted by molar-refractivity contribution is 5.85. The van der Waals surface area contributed by atoms with Crippen molar-refractivity contribution < 1.29 is 19.1 Å². The van der Waals surface area contributed by atoms with Gasteiger partial charge in [0.25, 0.3) is 0 Å². The number of amides is 1. The summed E-state index contributed by atoms with van der Waals surface area (Å²) in [5.74, 6) is -1.43. The van der Waals surface area contributed by atoms with Gasteiger partial charge in [0.05, 0.1) is 6.54 Å². The van der Waals surface area contributed by atoms with Crippen LogP contribution < -0.4 is 5.32 Å². The normalized spacial score (nSPS) is 17.8. The van der Waals surface area contributed by atoms with E-state index in [9.17, 15) is 14.0 Å². The number of aliphatic carboxylic acids is 1. The largest absolute Gasteiger partial charge is 0.480 e. The summed E-state index contributed by atoms with van der Waals surface area (Å²) in [6, 6.07) is 4.24. The Morgan fingerprint density at radius 1 is 1.45 bits per heavy atom. The Balaban J connectivity index is 0.00000242. The molecule has 2 N–H and O–H groups in total. The fourth-order valence-corrected chi connectivity index (χ4v) is 2.48. The highest BCUT2D eigenvalue weighted by Gasteiger charge is 2.31. The molecule has 0 unspecified atom stereocenters. The minimum atomic E-state index is -0.888. The van der Waals surface area contributed by atoms with Gasteiger partial charge in [-0.1, -0.05) is 12.1 Å². The third kappa shape index (κ3) is 4.68. The molecule has 2 rings (SSSR count). The third-order valence-electron chi connectivity index (χ3n) is 3.72. The van der Waals surface area contributed by atoms with Crippen LogP contribution >= 0.6 is 12.4 Å². The van der Waals surface area contributed by atoms with Crippen LogP contribution in [0.5, 0.6) is 0 Å². The summed E-state index contributed by atoms with van der Waals surface area (Å²) < 4.78 is 13.4. The predicted octanol–water partition coefficient (Wildman–Crippen LogP) is 1.72. The number of hydrogen-bond donors (Lipinski definition) is 2. The Kier molecular flexibility index (Phi) is 6.77. The molecule has 1 aliphatic heterocycles. The van der Waals surface area contributed by atoms with Gasteiger partial charge in [0.2, 0.25) is 5.91 Å². The molecule has 1 fully saturated rings. The van der Waals surface area contributed by atoms with E-state index >= 15 is 0 Å². The van der Waals surface area contributed by atoms with Crippen molar-refractivity contribution in [2.24, 2.45) is 0 Å². The van der Waals surface area contributed by atoms with Gasteiger partial charge in [-0.25, -0.2) is 4.39 Å². The summed E-state index contributed by atoms with van der Waals surface area (Å²) in [4.78, 5) is 24.5. The lowest BCUT2D eigenvalue weighted by atomic mass is 10.1. The number of nitrogens with one attached hydrogen (secondary N) is 1. The Hall–Kier alpha value is -1.66. The van der Waals surface area contributed by atoms with E-state index in [2.05, 4.69) is 5.32 Å². The van der Waals surface area contributed by atoms with Crippen molar-refractivity contribution in [1.82, 2.24) is 10.2 Å². The first-order valence-electron chi connectivity index (χ1n) is 6.96. The van der Waals surface area contributed by atoms with Crippen LogP contribution in [-0.2, 0) is 16.1 Å². The second-order valence-electron chi connectivity index (χ2n) is 5.33. The van der Waals surface area contributed by atoms with E-state index in [-0.39, 0.29) is 37.2 Å². The first-order chi connectivity index (χ1) is 9.97. The topological polar surface area (TPSA) is 69.6 Å². The summed E-state index contributed by atoms with van der Waals surface area (Å²) in [5.41, 5.74) is 1.24. The van der Waals surface area contributed by atoms with E-state index in [1.165, 1.54) is 6.07 Å². The molecule has 0 bridgehead atoms. The fraction of sp³-hybridized carbons (Fsp3) is 0.467. The number of carboxylic acid groups (broad SMARTS) is 1. The first kappa shape index (κ1) is 18.4. The number of nitrogens with zero attached hydrogens (tertiary/aromatic N) is 1. The van der Waals surface area contributed by atoms with Gasteiger partial charge in [-0.15, -0.1) is 12.4 Å². The Bertz CT molecular complexity index is 554. The molecular weight excluding hydrogens is 311 g/mol. The molecule has 5 nitrogen and oxygen atoms in total. The quantitative estimate of drug-likeness (QED) is 0.862. The molecule has 0 spiro atoms. The molecule has 0 aromatic heterocycles. The average Bonchev–Trinajstić information content (AvgIpc) is 2.88. The molecule has 1 aromatic carbocycles. The van der Waals surface area contributed by atoms with Gasteiger partial charge in [0.1, 0.15) is 11.9 Å². The zero-order valence-electron chi connectivity index (χ0n) is 12.3. The van der Waals surface area contributed by atoms with E-state index in [1.807, 2.05) is 0 Å². The van der Waals surface area contributed by atoms with E-state index < -0.39 is 12.0 Å². The lowest BCUT2D eigenvalue weighted by Gasteiger charge is -2.20. The number of aryl methyl sites for hydroxylation is 1. The second-order valence-corrected chi connectivity index (χ2v) is 5.33. The monoisotopic (exact) mass is 330 g/mol. The van der Waals surface area contributed by atoms with Crippen molar-refractivity contribution in [2.75, 3.05) is 13.1 Å². The van der Waals surface area contributed by atoms with E-state index in [0.717, 1.165) is 6.42 Å². The van der Waals surface area contributed by atoms with Crippen LogP contribution in [0.4, 0.5) is 4.39 Å². The summed E-state index contributed by atoms with van der Waals surface area (Å²) in [6.07, 6.45) is 1.36. The van der Waals surface area contributed by atoms with Crippen molar-refractivity contribution in [1.29, 1.82) is 0 Å². The number of carboxylic acids is 1. The molecule has 0 saturated carbocycles. The molecule has 22 heavy (non-hydrogen) atoms. The molecule has 1 amide bonds. The number of hydrogen-bond acceptors (Lipinski definition) is 3. The van der Waals surface area contributed by atoms with E-state index in [4.69, 9.17) is 5.11 Å². The molecule has 122 valence electrons. The van der Waals surface area contributed by atoms with Crippen LogP contribution in [0.2, 0.25) is 0 Å². The van der Waals surface area contributed by atoms with E-state index in [0.29, 0.717) is 24.1 Å². The maximum atomic E-state index is 13.4. The van der Waals surface area contributed by atoms with Crippen LogP contribution in [0, 0.1) is 12.7 Å². The average molecular weight is 331 g/mol. The molecule has 0 radical (unpaired) electrons. The van der Waals surface area contributed by atoms with Gasteiger partial charge in [-0.05, 0) is 43.5 Å². The number of carbonyl (C=O) groups excluding carboxylic acids is 1. The molecule has 7 heteroatoms. The fourth-order valence-electron chi connectivity index (χ4n) is 2.48. The molecule has 0 aliphatic carbocycles. The zero-order valence-corrected chi connectivity index (χ0v) is 13.2. The van der Waals surface area contributed by atoms with Crippen LogP contribution in [0.15, 0.2) is 18.2 Å². The summed E-state index contributed by atoms with van der Waals surface area (Å²) >= 11 is 0. The van der Waals surface area contributed by atoms with Crippen LogP contribution in [0.1, 0.15) is 24.0 Å². The number of halogens is 2. The molecule has 1 aliphatic rings. The first-order valence-corrected chi connectivity index (χ1v) is 6.96. The Labute approximate surface area is 134 Å². The van der Waals surface area contributed by atoms with Crippen LogP contribution in [0.25, 0.3) is 0 Å². The van der Waals surface area contributed by atoms with Gasteiger partial charge in [-0.2, -0.15) is 0 Å². The standard InChI is InChI=1S/C15H19FN2O3.ClH/c1-10-4-5-11(7-12(10)16)8-17-14(19)9-18-6-2-3-13(18)15(20)21;/h4-5,7,13H,2-3,6,8-9H2,1H3,(H,17,19)(H,20,21);1H/t13-;/m1./s1. The molecule has 1 heterocycles. The highest BCUT2D eigenvalue weighted by atomic mass is 35.5. The Morgan fingerprint density at radius 2 is 2.18 bits per heavy atom. The predicted molar refractivity (Wildman–Crippen MR) is 82.5 cm³/mol. The van der Waals surface area contributed by atoms with Gasteiger partial charge >= 0.3 is 5.97 Å². The molecule has 1 saturated heterocycles. The molecule has 1 atom stereocenters. The lowest BCUT2D eigenvalue weighted by Crippen LogP contribution is -2.42. The maximum absolute atomic E-state index is 13.4. The van der Waals surface area contributed by atoms with Gasteiger partial charge in [0, 0.05) is 6.54 Å². The van der Waals surface area contributed by atoms with Gasteiger partial charge in [0.15, 0.2) is 0 Å². The smallest absolute Gasteiger partial charge is 0.320 e. The summed E-state index contributed by atoms with van der Waals surface area (Å²) in [6.45, 7) is 2.59. The third-order valence-corrected chi connectivity index (χ3v) is 3.72. The van der Waals surface area contributed by atoms with Crippen molar-refractivity contribution >= 4 is 24.3 Å². The van der Waals surface area contributed by atoms with Crippen molar-refractivity contribution in [3.63, 3.8) is 0 Å². The van der Waals surface area contributed by atoms with Crippen molar-refractivity contribution in [3.8, 4) is 0 Å². The SMILES string of the molecule is Cc1ccc(CNC(=O)CN2CCC[C@@H]2C(=O)O)cc1F.Cl. The minimum Gasteiger partial charge on any atom is -0.480 e. The number of likely N-dealkylation sites (tertiary alicyclic amines) is 1.